The molecule has 0 spiro atoms. The van der Waals surface area contributed by atoms with Gasteiger partial charge in [0.1, 0.15) is 11.7 Å². The maximum Gasteiger partial charge on any atom is 0.269 e. The normalized spacial score (nSPS) is 18.2. The van der Waals surface area contributed by atoms with Crippen LogP contribution in [0.25, 0.3) is 16.6 Å². The zero-order valence-electron chi connectivity index (χ0n) is 21.4. The van der Waals surface area contributed by atoms with Crippen LogP contribution < -0.4 is 16.2 Å². The number of aryl methyl sites for hydroxylation is 1. The van der Waals surface area contributed by atoms with Gasteiger partial charge in [-0.15, -0.1) is 0 Å². The topological polar surface area (TPSA) is 107 Å². The highest BCUT2D eigenvalue weighted by Gasteiger charge is 2.39. The van der Waals surface area contributed by atoms with Crippen LogP contribution in [0, 0.1) is 6.92 Å². The fourth-order valence-corrected chi connectivity index (χ4v) is 5.73. The molecule has 1 aromatic heterocycles. The Morgan fingerprint density at radius 1 is 1.18 bits per heavy atom. The number of aromatic nitrogens is 2. The summed E-state index contributed by atoms with van der Waals surface area (Å²) in [5.41, 5.74) is 8.96. The molecule has 0 fully saturated rings. The number of nitrogens with one attached hydrogen (secondary N) is 3. The number of aromatic amines is 1. The number of hydrogen-bond acceptors (Lipinski definition) is 5. The first-order valence-electron chi connectivity index (χ1n) is 12.9. The monoisotopic (exact) mass is 507 g/mol. The highest BCUT2D eigenvalue weighted by atomic mass is 16.2. The van der Waals surface area contributed by atoms with Crippen LogP contribution in [-0.4, -0.2) is 52.9 Å². The molecule has 8 heteroatoms. The second-order valence-corrected chi connectivity index (χ2v) is 10.0. The second-order valence-electron chi connectivity index (χ2n) is 10.0. The van der Waals surface area contributed by atoms with Crippen LogP contribution in [0.2, 0.25) is 0 Å². The Bertz CT molecular complexity index is 1650. The summed E-state index contributed by atoms with van der Waals surface area (Å²) in [7, 11) is 1.62. The number of H-pyrrole nitrogens is 1. The molecule has 1 aliphatic heterocycles. The van der Waals surface area contributed by atoms with Crippen molar-refractivity contribution in [1.82, 2.24) is 20.2 Å². The Morgan fingerprint density at radius 3 is 2.87 bits per heavy atom. The fraction of sp³-hybridized carbons (Fsp3) is 0.267. The third kappa shape index (κ3) is 4.12. The van der Waals surface area contributed by atoms with Gasteiger partial charge in [-0.05, 0) is 65.8 Å². The van der Waals surface area contributed by atoms with E-state index in [0.29, 0.717) is 48.2 Å². The van der Waals surface area contributed by atoms with Crippen molar-refractivity contribution in [2.45, 2.75) is 32.2 Å². The molecular formula is C30H29N5O3. The van der Waals surface area contributed by atoms with Gasteiger partial charge in [-0.1, -0.05) is 36.4 Å². The molecule has 0 saturated carbocycles. The van der Waals surface area contributed by atoms with Crippen LogP contribution in [0.1, 0.15) is 29.7 Å². The number of allylic oxidation sites excluding steroid dienone is 1. The average molecular weight is 508 g/mol. The standard InChI is InChI=1S/C30H29N5O3/c1-17-28(36)34-25-11-10-21(13-26(25)33-17)32-15-19-7-5-9-23(19)30(38)35-16-20-12-18-6-3-4-8-22(18)24(20)14-27(35)29(37)31-2/h3-8,10-11,13,27,32H,9,12,14-16H2,1-2H3,(H,31,37)(H,34,36)/t27-/m1/s1. The molecule has 0 saturated heterocycles. The highest BCUT2D eigenvalue weighted by molar-refractivity contribution is 6.00. The van der Waals surface area contributed by atoms with Gasteiger partial charge in [-0.2, -0.15) is 0 Å². The lowest BCUT2D eigenvalue weighted by atomic mass is 9.91. The van der Waals surface area contributed by atoms with Gasteiger partial charge < -0.3 is 20.5 Å². The summed E-state index contributed by atoms with van der Waals surface area (Å²) in [6, 6.07) is 13.4. The summed E-state index contributed by atoms with van der Waals surface area (Å²) in [5.74, 6) is -0.228. The lowest BCUT2D eigenvalue weighted by Gasteiger charge is -2.36. The van der Waals surface area contributed by atoms with Crippen molar-refractivity contribution >= 4 is 34.1 Å². The van der Waals surface area contributed by atoms with Crippen molar-refractivity contribution in [3.8, 4) is 0 Å². The summed E-state index contributed by atoms with van der Waals surface area (Å²) in [6.45, 7) is 2.60. The lowest BCUT2D eigenvalue weighted by Crippen LogP contribution is -2.52. The van der Waals surface area contributed by atoms with E-state index in [1.807, 2.05) is 42.5 Å². The molecule has 0 unspecified atom stereocenters. The summed E-state index contributed by atoms with van der Waals surface area (Å²) >= 11 is 0. The highest BCUT2D eigenvalue weighted by Crippen LogP contribution is 2.41. The van der Waals surface area contributed by atoms with Crippen LogP contribution in [0.4, 0.5) is 5.69 Å². The predicted molar refractivity (Wildman–Crippen MR) is 148 cm³/mol. The quantitative estimate of drug-likeness (QED) is 0.492. The lowest BCUT2D eigenvalue weighted by molar-refractivity contribution is -0.137. The molecule has 2 amide bonds. The fourth-order valence-electron chi connectivity index (χ4n) is 5.73. The van der Waals surface area contributed by atoms with Gasteiger partial charge in [0.25, 0.3) is 11.5 Å². The van der Waals surface area contributed by atoms with Crippen molar-refractivity contribution in [3.63, 3.8) is 0 Å². The minimum atomic E-state index is -0.545. The van der Waals surface area contributed by atoms with Crippen LogP contribution in [0.15, 0.2) is 76.1 Å². The molecule has 38 heavy (non-hydrogen) atoms. The number of amides is 2. The molecule has 0 radical (unpaired) electrons. The van der Waals surface area contributed by atoms with Gasteiger partial charge in [0.2, 0.25) is 5.91 Å². The first-order chi connectivity index (χ1) is 18.4. The van der Waals surface area contributed by atoms with Gasteiger partial charge in [0, 0.05) is 37.8 Å². The van der Waals surface area contributed by atoms with E-state index in [0.717, 1.165) is 17.7 Å². The Balaban J connectivity index is 1.25. The third-order valence-corrected chi connectivity index (χ3v) is 7.75. The molecule has 3 aromatic rings. The Labute approximate surface area is 220 Å². The van der Waals surface area contributed by atoms with E-state index in [2.05, 4.69) is 32.7 Å². The van der Waals surface area contributed by atoms with Crippen molar-refractivity contribution in [2.75, 3.05) is 25.5 Å². The van der Waals surface area contributed by atoms with Crippen molar-refractivity contribution < 1.29 is 9.59 Å². The molecule has 0 bridgehead atoms. The molecule has 2 heterocycles. The molecule has 192 valence electrons. The summed E-state index contributed by atoms with van der Waals surface area (Å²) in [4.78, 5) is 47.7. The number of likely N-dealkylation sites (N-methyl/N-ethyl adjacent to an activating group) is 1. The number of anilines is 1. The van der Waals surface area contributed by atoms with Crippen molar-refractivity contribution in [2.24, 2.45) is 0 Å². The van der Waals surface area contributed by atoms with Gasteiger partial charge in [-0.25, -0.2) is 4.98 Å². The molecular weight excluding hydrogens is 478 g/mol. The maximum absolute atomic E-state index is 13.9. The third-order valence-electron chi connectivity index (χ3n) is 7.75. The molecule has 1 atom stereocenters. The number of hydrogen-bond donors (Lipinski definition) is 3. The Morgan fingerprint density at radius 2 is 2.03 bits per heavy atom. The van der Waals surface area contributed by atoms with Gasteiger partial charge >= 0.3 is 0 Å². The molecule has 6 rings (SSSR count). The second kappa shape index (κ2) is 9.45. The van der Waals surface area contributed by atoms with E-state index in [9.17, 15) is 14.4 Å². The van der Waals surface area contributed by atoms with E-state index < -0.39 is 6.04 Å². The maximum atomic E-state index is 13.9. The molecule has 3 aliphatic rings. The average Bonchev–Trinajstić information content (AvgIpc) is 3.55. The minimum Gasteiger partial charge on any atom is -0.381 e. The number of rotatable bonds is 5. The van der Waals surface area contributed by atoms with Gasteiger partial charge in [0.05, 0.1) is 11.0 Å². The SMILES string of the molecule is CNC(=O)[C@H]1CC2=C(Cc3ccccc32)CN1C(=O)C1=C(CNc2ccc3[nH]c(=O)c(C)nc3c2)C=CC1. The smallest absolute Gasteiger partial charge is 0.269 e. The van der Waals surface area contributed by atoms with E-state index in [1.165, 1.54) is 22.3 Å². The molecule has 8 nitrogen and oxygen atoms in total. The van der Waals surface area contributed by atoms with Crippen LogP contribution in [0.3, 0.4) is 0 Å². The number of carbonyl (C=O) groups is 2. The Hall–Kier alpha value is -4.46. The largest absolute Gasteiger partial charge is 0.381 e. The van der Waals surface area contributed by atoms with E-state index >= 15 is 0 Å². The summed E-state index contributed by atoms with van der Waals surface area (Å²) in [5, 5.41) is 6.16. The van der Waals surface area contributed by atoms with Gasteiger partial charge in [0.15, 0.2) is 0 Å². The van der Waals surface area contributed by atoms with Crippen molar-refractivity contribution in [3.05, 3.63) is 98.5 Å². The minimum absolute atomic E-state index is 0.0868. The first kappa shape index (κ1) is 23.9. The number of fused-ring (bicyclic) bond motifs is 3. The van der Waals surface area contributed by atoms with Crippen LogP contribution in [-0.2, 0) is 16.0 Å². The van der Waals surface area contributed by atoms with E-state index in [4.69, 9.17) is 0 Å². The molecule has 2 aliphatic carbocycles. The van der Waals surface area contributed by atoms with E-state index in [1.54, 1.807) is 18.9 Å². The Kier molecular flexibility index (Phi) is 5.94. The zero-order valence-corrected chi connectivity index (χ0v) is 21.4. The van der Waals surface area contributed by atoms with Crippen molar-refractivity contribution in [1.29, 1.82) is 0 Å². The summed E-state index contributed by atoms with van der Waals surface area (Å²) < 4.78 is 0. The number of benzene rings is 2. The van der Waals surface area contributed by atoms with E-state index in [-0.39, 0.29) is 17.4 Å². The van der Waals surface area contributed by atoms with Crippen LogP contribution in [0.5, 0.6) is 0 Å². The molecule has 2 aromatic carbocycles. The first-order valence-corrected chi connectivity index (χ1v) is 12.9. The number of carbonyl (C=O) groups excluding carboxylic acids is 2. The predicted octanol–water partition coefficient (Wildman–Crippen LogP) is 3.26. The summed E-state index contributed by atoms with van der Waals surface area (Å²) in [6.07, 6.45) is 5.86. The van der Waals surface area contributed by atoms with Crippen LogP contribution >= 0.6 is 0 Å². The van der Waals surface area contributed by atoms with Gasteiger partial charge in [-0.3, -0.25) is 14.4 Å². The zero-order chi connectivity index (χ0) is 26.4. The molecule has 3 N–H and O–H groups in total. The number of nitrogens with zero attached hydrogens (tertiary/aromatic N) is 2.